The largest absolute Gasteiger partial charge is 0.301 e. The van der Waals surface area contributed by atoms with E-state index in [-0.39, 0.29) is 4.90 Å². The van der Waals surface area contributed by atoms with Crippen molar-refractivity contribution in [3.8, 4) is 0 Å². The number of halogens is 1. The van der Waals surface area contributed by atoms with E-state index in [2.05, 4.69) is 44.4 Å². The number of aromatic nitrogens is 1. The van der Waals surface area contributed by atoms with Crippen LogP contribution in [0, 0.1) is 5.92 Å². The third-order valence-electron chi connectivity index (χ3n) is 3.60. The number of sulfonamides is 1. The summed E-state index contributed by atoms with van der Waals surface area (Å²) in [5, 5.41) is 0. The van der Waals surface area contributed by atoms with Crippen LogP contribution in [0.1, 0.15) is 20.3 Å². The van der Waals surface area contributed by atoms with Gasteiger partial charge in [0.15, 0.2) is 0 Å². The molecule has 0 bridgehead atoms. The maximum Gasteiger partial charge on any atom is 0.242 e. The van der Waals surface area contributed by atoms with Gasteiger partial charge >= 0.3 is 0 Å². The monoisotopic (exact) mass is 361 g/mol. The Morgan fingerprint density at radius 1 is 1.50 bits per heavy atom. The van der Waals surface area contributed by atoms with E-state index in [0.717, 1.165) is 19.5 Å². The van der Waals surface area contributed by atoms with Crippen molar-refractivity contribution >= 4 is 26.0 Å². The van der Waals surface area contributed by atoms with Crippen molar-refractivity contribution in [2.75, 3.05) is 19.6 Å². The highest BCUT2D eigenvalue weighted by atomic mass is 79.9. The Morgan fingerprint density at radius 2 is 2.25 bits per heavy atom. The summed E-state index contributed by atoms with van der Waals surface area (Å²) < 4.78 is 27.7. The van der Waals surface area contributed by atoms with E-state index in [1.54, 1.807) is 12.3 Å². The van der Waals surface area contributed by atoms with Gasteiger partial charge in [0.05, 0.1) is 0 Å². The maximum atomic E-state index is 12.2. The third-order valence-corrected chi connectivity index (χ3v) is 5.42. The molecule has 1 aliphatic rings. The minimum absolute atomic E-state index is 0.200. The van der Waals surface area contributed by atoms with E-state index in [4.69, 9.17) is 0 Å². The molecule has 1 saturated heterocycles. The van der Waals surface area contributed by atoms with Gasteiger partial charge in [0.1, 0.15) is 4.90 Å². The van der Waals surface area contributed by atoms with Crippen LogP contribution < -0.4 is 4.72 Å². The van der Waals surface area contributed by atoms with Crippen LogP contribution >= 0.6 is 15.9 Å². The molecule has 112 valence electrons. The van der Waals surface area contributed by atoms with Gasteiger partial charge in [-0.2, -0.15) is 0 Å². The molecule has 0 spiro atoms. The van der Waals surface area contributed by atoms with E-state index < -0.39 is 10.0 Å². The molecule has 20 heavy (non-hydrogen) atoms. The first-order chi connectivity index (χ1) is 9.38. The topological polar surface area (TPSA) is 62.3 Å². The fourth-order valence-corrected chi connectivity index (χ4v) is 3.97. The zero-order chi connectivity index (χ0) is 14.8. The molecule has 1 fully saturated rings. The first kappa shape index (κ1) is 15.9. The second-order valence-corrected chi connectivity index (χ2v) is 8.12. The fraction of sp³-hybridized carbons (Fsp3) is 0.615. The Labute approximate surface area is 129 Å². The van der Waals surface area contributed by atoms with Crippen molar-refractivity contribution < 1.29 is 8.42 Å². The number of nitrogens with one attached hydrogen (secondary N) is 1. The van der Waals surface area contributed by atoms with Crippen LogP contribution in [0.2, 0.25) is 0 Å². The van der Waals surface area contributed by atoms with Gasteiger partial charge < -0.3 is 4.90 Å². The third kappa shape index (κ3) is 4.00. The number of rotatable bonds is 5. The normalized spacial score (nSPS) is 20.7. The van der Waals surface area contributed by atoms with Gasteiger partial charge in [-0.1, -0.05) is 0 Å². The summed E-state index contributed by atoms with van der Waals surface area (Å²) in [5.74, 6) is 0.382. The Morgan fingerprint density at radius 3 is 2.85 bits per heavy atom. The van der Waals surface area contributed by atoms with Gasteiger partial charge in [-0.05, 0) is 54.7 Å². The number of likely N-dealkylation sites (tertiary alicyclic amines) is 1. The van der Waals surface area contributed by atoms with Gasteiger partial charge in [0.25, 0.3) is 0 Å². The molecule has 1 atom stereocenters. The molecule has 0 radical (unpaired) electrons. The predicted molar refractivity (Wildman–Crippen MR) is 81.9 cm³/mol. The molecule has 0 saturated carbocycles. The fourth-order valence-electron chi connectivity index (χ4n) is 2.35. The molecule has 5 nitrogen and oxygen atoms in total. The van der Waals surface area contributed by atoms with E-state index in [1.165, 1.54) is 6.20 Å². The molecular formula is C13H20BrN3O2S. The number of hydrogen-bond acceptors (Lipinski definition) is 4. The molecule has 1 aromatic heterocycles. The summed E-state index contributed by atoms with van der Waals surface area (Å²) in [4.78, 5) is 6.47. The van der Waals surface area contributed by atoms with Crippen LogP contribution in [-0.4, -0.2) is 44.0 Å². The summed E-state index contributed by atoms with van der Waals surface area (Å²) in [6, 6.07) is 2.08. The van der Waals surface area contributed by atoms with Gasteiger partial charge in [-0.25, -0.2) is 13.1 Å². The van der Waals surface area contributed by atoms with Crippen LogP contribution in [0.15, 0.2) is 27.8 Å². The lowest BCUT2D eigenvalue weighted by Gasteiger charge is -2.20. The average Bonchev–Trinajstić information content (AvgIpc) is 2.85. The second-order valence-electron chi connectivity index (χ2n) is 5.43. The van der Waals surface area contributed by atoms with Crippen molar-refractivity contribution in [2.45, 2.75) is 31.2 Å². The van der Waals surface area contributed by atoms with Gasteiger partial charge in [0.2, 0.25) is 10.0 Å². The van der Waals surface area contributed by atoms with Crippen LogP contribution in [0.5, 0.6) is 0 Å². The lowest BCUT2D eigenvalue weighted by atomic mass is 10.1. The molecule has 0 amide bonds. The van der Waals surface area contributed by atoms with Gasteiger partial charge in [0, 0.05) is 36.0 Å². The summed E-state index contributed by atoms with van der Waals surface area (Å²) in [6.07, 6.45) is 3.97. The molecule has 2 heterocycles. The highest BCUT2D eigenvalue weighted by molar-refractivity contribution is 9.10. The van der Waals surface area contributed by atoms with Gasteiger partial charge in [-0.3, -0.25) is 4.98 Å². The van der Waals surface area contributed by atoms with Crippen molar-refractivity contribution in [2.24, 2.45) is 5.92 Å². The number of hydrogen-bond donors (Lipinski definition) is 1. The number of pyridine rings is 1. The summed E-state index contributed by atoms with van der Waals surface area (Å²) in [7, 11) is -3.47. The SMILES string of the molecule is CC(C)N1CCC(CNS(=O)(=O)c2cncc(Br)c2)C1. The predicted octanol–water partition coefficient (Wildman–Crippen LogP) is 1.85. The Balaban J connectivity index is 1.94. The van der Waals surface area contributed by atoms with Crippen LogP contribution in [-0.2, 0) is 10.0 Å². The molecule has 1 N–H and O–H groups in total. The summed E-state index contributed by atoms with van der Waals surface area (Å²) >= 11 is 3.23. The Bertz CT molecular complexity index is 562. The molecule has 1 aromatic rings. The summed E-state index contributed by atoms with van der Waals surface area (Å²) in [5.41, 5.74) is 0. The second kappa shape index (κ2) is 6.51. The highest BCUT2D eigenvalue weighted by Crippen LogP contribution is 2.19. The molecule has 7 heteroatoms. The molecule has 1 aliphatic heterocycles. The first-order valence-electron chi connectivity index (χ1n) is 6.73. The zero-order valence-electron chi connectivity index (χ0n) is 11.7. The average molecular weight is 362 g/mol. The molecule has 0 aromatic carbocycles. The molecular weight excluding hydrogens is 342 g/mol. The molecule has 1 unspecified atom stereocenters. The summed E-state index contributed by atoms with van der Waals surface area (Å²) in [6.45, 7) is 6.82. The lowest BCUT2D eigenvalue weighted by Crippen LogP contribution is -2.33. The zero-order valence-corrected chi connectivity index (χ0v) is 14.1. The van der Waals surface area contributed by atoms with Crippen LogP contribution in [0.25, 0.3) is 0 Å². The van der Waals surface area contributed by atoms with E-state index in [0.29, 0.717) is 23.0 Å². The standard InChI is InChI=1S/C13H20BrN3O2S/c1-10(2)17-4-3-11(9-17)6-16-20(18,19)13-5-12(14)7-15-8-13/h5,7-8,10-11,16H,3-4,6,9H2,1-2H3. The van der Waals surface area contributed by atoms with E-state index in [1.807, 2.05) is 0 Å². The highest BCUT2D eigenvalue weighted by Gasteiger charge is 2.25. The Hall–Kier alpha value is -0.500. The lowest BCUT2D eigenvalue weighted by molar-refractivity contribution is 0.265. The van der Waals surface area contributed by atoms with Gasteiger partial charge in [-0.15, -0.1) is 0 Å². The molecule has 2 rings (SSSR count). The minimum atomic E-state index is -3.47. The van der Waals surface area contributed by atoms with E-state index in [9.17, 15) is 8.42 Å². The van der Waals surface area contributed by atoms with Crippen LogP contribution in [0.4, 0.5) is 0 Å². The van der Waals surface area contributed by atoms with Crippen molar-refractivity contribution in [1.82, 2.24) is 14.6 Å². The minimum Gasteiger partial charge on any atom is -0.301 e. The maximum absolute atomic E-state index is 12.2. The van der Waals surface area contributed by atoms with Crippen molar-refractivity contribution in [3.63, 3.8) is 0 Å². The van der Waals surface area contributed by atoms with Crippen molar-refractivity contribution in [3.05, 3.63) is 22.9 Å². The van der Waals surface area contributed by atoms with E-state index >= 15 is 0 Å². The quantitative estimate of drug-likeness (QED) is 0.869. The molecule has 0 aliphatic carbocycles. The first-order valence-corrected chi connectivity index (χ1v) is 9.00. The van der Waals surface area contributed by atoms with Crippen LogP contribution in [0.3, 0.4) is 0 Å². The van der Waals surface area contributed by atoms with Crippen molar-refractivity contribution in [1.29, 1.82) is 0 Å². The Kier molecular flexibility index (Phi) is 5.17. The number of nitrogens with zero attached hydrogens (tertiary/aromatic N) is 2. The smallest absolute Gasteiger partial charge is 0.242 e.